The van der Waals surface area contributed by atoms with Crippen LogP contribution in [0.2, 0.25) is 0 Å². The van der Waals surface area contributed by atoms with Crippen LogP contribution in [-0.2, 0) is 4.74 Å². The van der Waals surface area contributed by atoms with E-state index in [4.69, 9.17) is 4.74 Å². The highest BCUT2D eigenvalue weighted by Crippen LogP contribution is 2.58. The first-order chi connectivity index (χ1) is 18.6. The van der Waals surface area contributed by atoms with Crippen LogP contribution in [0.5, 0.6) is 0 Å². The lowest BCUT2D eigenvalue weighted by Gasteiger charge is -2.53. The van der Waals surface area contributed by atoms with E-state index in [1.165, 1.54) is 50.3 Å². The van der Waals surface area contributed by atoms with Crippen LogP contribution < -0.4 is 5.32 Å². The number of allylic oxidation sites excluding steroid dienone is 3. The Kier molecular flexibility index (Phi) is 7.90. The van der Waals surface area contributed by atoms with Gasteiger partial charge in [0.25, 0.3) is 0 Å². The maximum Gasteiger partial charge on any atom is 0.167 e. The summed E-state index contributed by atoms with van der Waals surface area (Å²) in [6, 6.07) is 0. The molecule has 9 heteroatoms. The van der Waals surface area contributed by atoms with Gasteiger partial charge < -0.3 is 25.4 Å². The molecule has 4 N–H and O–H groups in total. The van der Waals surface area contributed by atoms with Gasteiger partial charge in [-0.25, -0.2) is 15.0 Å². The minimum atomic E-state index is -1.20. The van der Waals surface area contributed by atoms with Gasteiger partial charge in [0.15, 0.2) is 23.2 Å². The molecule has 0 spiro atoms. The van der Waals surface area contributed by atoms with Crippen LogP contribution in [0.15, 0.2) is 36.0 Å². The fourth-order valence-electron chi connectivity index (χ4n) is 7.13. The van der Waals surface area contributed by atoms with Crippen LogP contribution in [0.1, 0.15) is 79.4 Å². The van der Waals surface area contributed by atoms with Crippen molar-refractivity contribution in [1.29, 1.82) is 0 Å². The number of aliphatic hydroxyl groups is 3. The van der Waals surface area contributed by atoms with Crippen molar-refractivity contribution < 1.29 is 20.1 Å². The van der Waals surface area contributed by atoms with Crippen LogP contribution in [-0.4, -0.2) is 66.3 Å². The summed E-state index contributed by atoms with van der Waals surface area (Å²) in [6.07, 6.45) is 11.0. The Bertz CT molecular complexity index is 1240. The average Bonchev–Trinajstić information content (AvgIpc) is 3.46. The summed E-state index contributed by atoms with van der Waals surface area (Å²) in [4.78, 5) is 13.2. The second-order valence-corrected chi connectivity index (χ2v) is 12.8. The summed E-state index contributed by atoms with van der Waals surface area (Å²) in [6.45, 7) is 12.3. The van der Waals surface area contributed by atoms with E-state index in [0.717, 1.165) is 6.42 Å². The minimum absolute atomic E-state index is 0.325. The molecular weight excluding hydrogens is 494 g/mol. The summed E-state index contributed by atoms with van der Waals surface area (Å²) in [7, 11) is 0. The van der Waals surface area contributed by atoms with Crippen LogP contribution in [0, 0.1) is 22.7 Å². The van der Waals surface area contributed by atoms with Crippen LogP contribution in [0.3, 0.4) is 0 Å². The van der Waals surface area contributed by atoms with Crippen molar-refractivity contribution in [1.82, 2.24) is 19.5 Å². The predicted octanol–water partition coefficient (Wildman–Crippen LogP) is 4.38. The van der Waals surface area contributed by atoms with E-state index < -0.39 is 24.5 Å². The fourth-order valence-corrected chi connectivity index (χ4v) is 7.13. The molecule has 0 radical (unpaired) electrons. The number of aliphatic hydroxyl groups excluding tert-OH is 3. The van der Waals surface area contributed by atoms with E-state index in [1.54, 1.807) is 10.1 Å². The van der Waals surface area contributed by atoms with Gasteiger partial charge in [0.2, 0.25) is 0 Å². The quantitative estimate of drug-likeness (QED) is 0.364. The first-order valence-corrected chi connectivity index (χ1v) is 14.5. The molecule has 3 aliphatic rings. The van der Waals surface area contributed by atoms with Crippen molar-refractivity contribution in [2.24, 2.45) is 22.7 Å². The lowest BCUT2D eigenvalue weighted by molar-refractivity contribution is -0.0511. The smallest absolute Gasteiger partial charge is 0.167 e. The number of ether oxygens (including phenoxy) is 1. The Hall–Kier alpha value is -2.33. The number of hydrogen-bond acceptors (Lipinski definition) is 8. The number of rotatable bonds is 8. The van der Waals surface area contributed by atoms with Gasteiger partial charge in [-0.05, 0) is 61.7 Å². The molecule has 0 aromatic carbocycles. The first kappa shape index (κ1) is 28.2. The van der Waals surface area contributed by atoms with Gasteiger partial charge in [-0.1, -0.05) is 57.4 Å². The number of aromatic nitrogens is 4. The number of fused-ring (bicyclic) bond motifs is 2. The van der Waals surface area contributed by atoms with E-state index in [2.05, 4.69) is 67.0 Å². The molecule has 1 saturated heterocycles. The van der Waals surface area contributed by atoms with E-state index in [9.17, 15) is 15.3 Å². The van der Waals surface area contributed by atoms with E-state index >= 15 is 0 Å². The molecule has 2 aliphatic carbocycles. The molecule has 2 aromatic rings. The molecule has 2 fully saturated rings. The molecule has 214 valence electrons. The van der Waals surface area contributed by atoms with Crippen LogP contribution in [0.25, 0.3) is 11.2 Å². The molecule has 0 amide bonds. The zero-order valence-electron chi connectivity index (χ0n) is 24.0. The Balaban J connectivity index is 1.23. The number of hydrogen-bond donors (Lipinski definition) is 4. The highest BCUT2D eigenvalue weighted by molar-refractivity contribution is 5.82. The van der Waals surface area contributed by atoms with Gasteiger partial charge in [-0.15, -0.1) is 0 Å². The normalized spacial score (nSPS) is 34.7. The maximum absolute atomic E-state index is 10.4. The molecule has 7 atom stereocenters. The van der Waals surface area contributed by atoms with Crippen LogP contribution >= 0.6 is 0 Å². The zero-order valence-corrected chi connectivity index (χ0v) is 24.0. The Labute approximate surface area is 231 Å². The maximum atomic E-state index is 10.4. The second kappa shape index (κ2) is 10.9. The summed E-state index contributed by atoms with van der Waals surface area (Å²) < 4.78 is 7.23. The van der Waals surface area contributed by atoms with Gasteiger partial charge in [-0.2, -0.15) is 0 Å². The standard InChI is InChI=1S/C30H45N5O4/c1-18(10-13-30(5)19(2)8-9-20-21(30)7-6-12-29(20,3)4)11-14-31-26-23-27(33-16-32-26)35(17-34-23)28-25(38)24(37)22(15-36)39-28/h9,11,16-17,19,21-22,24-25,28,36-38H,6-8,10,12-15H2,1-5H3,(H,31,32,33)/b18-11+/t19-,21+,22+,24?,25-,28+,30+/m0/s1. The SMILES string of the molecule is C/C(=C\CNc1ncnc2c1ncn2[C@@H]1O[C@H](CO)C(O)[C@@H]1O)CC[C@@]1(C)[C@@H]2CCCC(C)(C)C2=CC[C@@H]1C. The largest absolute Gasteiger partial charge is 0.394 e. The summed E-state index contributed by atoms with van der Waals surface area (Å²) in [5, 5.41) is 33.3. The molecule has 5 rings (SSSR count). The van der Waals surface area contributed by atoms with Crippen LogP contribution in [0.4, 0.5) is 5.82 Å². The number of anilines is 1. The van der Waals surface area contributed by atoms with E-state index in [0.29, 0.717) is 46.2 Å². The van der Waals surface area contributed by atoms with Crippen molar-refractivity contribution in [3.8, 4) is 0 Å². The Morgan fingerprint density at radius 3 is 2.74 bits per heavy atom. The molecule has 3 heterocycles. The van der Waals surface area contributed by atoms with Crippen molar-refractivity contribution in [3.63, 3.8) is 0 Å². The minimum Gasteiger partial charge on any atom is -0.394 e. The molecule has 9 nitrogen and oxygen atoms in total. The average molecular weight is 540 g/mol. The Morgan fingerprint density at radius 2 is 2.00 bits per heavy atom. The van der Waals surface area contributed by atoms with Crippen molar-refractivity contribution in [3.05, 3.63) is 36.0 Å². The first-order valence-electron chi connectivity index (χ1n) is 14.5. The van der Waals surface area contributed by atoms with Gasteiger partial charge in [-0.3, -0.25) is 4.57 Å². The predicted molar refractivity (Wildman–Crippen MR) is 151 cm³/mol. The molecule has 39 heavy (non-hydrogen) atoms. The molecule has 0 bridgehead atoms. The highest BCUT2D eigenvalue weighted by Gasteiger charge is 2.48. The topological polar surface area (TPSA) is 126 Å². The zero-order chi connectivity index (χ0) is 27.9. The van der Waals surface area contributed by atoms with Gasteiger partial charge in [0, 0.05) is 6.54 Å². The number of nitrogens with one attached hydrogen (secondary N) is 1. The molecular formula is C30H45N5O4. The molecule has 2 aromatic heterocycles. The molecule has 1 unspecified atom stereocenters. The molecule has 1 aliphatic heterocycles. The highest BCUT2D eigenvalue weighted by atomic mass is 16.6. The Morgan fingerprint density at radius 1 is 1.21 bits per heavy atom. The van der Waals surface area contributed by atoms with E-state index in [-0.39, 0.29) is 6.61 Å². The lowest BCUT2D eigenvalue weighted by Crippen LogP contribution is -2.43. The number of nitrogens with zero attached hydrogens (tertiary/aromatic N) is 4. The van der Waals surface area contributed by atoms with Gasteiger partial charge in [0.1, 0.15) is 24.6 Å². The summed E-state index contributed by atoms with van der Waals surface area (Å²) in [5.41, 5.74) is 4.78. The van der Waals surface area contributed by atoms with Crippen molar-refractivity contribution >= 4 is 17.0 Å². The fraction of sp³-hybridized carbons (Fsp3) is 0.700. The monoisotopic (exact) mass is 539 g/mol. The number of imidazole rings is 1. The van der Waals surface area contributed by atoms with Crippen molar-refractivity contribution in [2.45, 2.75) is 97.7 Å². The third-order valence-corrected chi connectivity index (χ3v) is 9.99. The summed E-state index contributed by atoms with van der Waals surface area (Å²) >= 11 is 0. The third-order valence-electron chi connectivity index (χ3n) is 9.99. The lowest BCUT2D eigenvalue weighted by atomic mass is 9.52. The summed E-state index contributed by atoms with van der Waals surface area (Å²) in [5.74, 6) is 1.98. The molecule has 1 saturated carbocycles. The third kappa shape index (κ3) is 5.14. The van der Waals surface area contributed by atoms with Crippen molar-refractivity contribution in [2.75, 3.05) is 18.5 Å². The van der Waals surface area contributed by atoms with Gasteiger partial charge >= 0.3 is 0 Å². The van der Waals surface area contributed by atoms with Gasteiger partial charge in [0.05, 0.1) is 12.9 Å². The second-order valence-electron chi connectivity index (χ2n) is 12.8. The van der Waals surface area contributed by atoms with E-state index in [1.807, 2.05) is 0 Å².